The van der Waals surface area contributed by atoms with Crippen molar-refractivity contribution in [3.05, 3.63) is 59.7 Å². The molecule has 0 bridgehead atoms. The van der Waals surface area contributed by atoms with E-state index in [1.165, 1.54) is 11.3 Å². The summed E-state index contributed by atoms with van der Waals surface area (Å²) in [6, 6.07) is 16.4. The Kier molecular flexibility index (Phi) is 5.41. The quantitative estimate of drug-likeness (QED) is 0.828. The Labute approximate surface area is 144 Å². The molecule has 1 aliphatic heterocycles. The molecule has 0 amide bonds. The number of para-hydroxylation sites is 1. The highest BCUT2D eigenvalue weighted by Gasteiger charge is 2.19. The van der Waals surface area contributed by atoms with E-state index >= 15 is 0 Å². The van der Waals surface area contributed by atoms with Crippen LogP contribution in [0.15, 0.2) is 48.5 Å². The summed E-state index contributed by atoms with van der Waals surface area (Å²) >= 11 is 0. The maximum absolute atomic E-state index is 10.5. The number of fused-ring (bicyclic) bond motifs is 1. The van der Waals surface area contributed by atoms with Crippen LogP contribution in [0.3, 0.4) is 0 Å². The largest absolute Gasteiger partial charge is 0.493 e. The van der Waals surface area contributed by atoms with Crippen molar-refractivity contribution in [2.45, 2.75) is 32.8 Å². The van der Waals surface area contributed by atoms with Crippen molar-refractivity contribution >= 4 is 5.69 Å². The van der Waals surface area contributed by atoms with E-state index in [9.17, 15) is 5.11 Å². The lowest BCUT2D eigenvalue weighted by Gasteiger charge is -2.21. The highest BCUT2D eigenvalue weighted by Crippen LogP contribution is 2.29. The Hall–Kier alpha value is -2.00. The lowest BCUT2D eigenvalue weighted by molar-refractivity contribution is 0.169. The molecule has 24 heavy (non-hydrogen) atoms. The molecule has 3 rings (SSSR count). The smallest absolute Gasteiger partial charge is 0.119 e. The highest BCUT2D eigenvalue weighted by atomic mass is 16.5. The van der Waals surface area contributed by atoms with Gasteiger partial charge in [0.05, 0.1) is 12.7 Å². The van der Waals surface area contributed by atoms with Gasteiger partial charge in [-0.2, -0.15) is 0 Å². The van der Waals surface area contributed by atoms with Crippen molar-refractivity contribution in [3.8, 4) is 5.75 Å². The second kappa shape index (κ2) is 7.71. The second-order valence-corrected chi connectivity index (χ2v) is 6.94. The fraction of sp³-hybridized carbons (Fsp3) is 0.429. The van der Waals surface area contributed by atoms with Crippen molar-refractivity contribution < 1.29 is 9.84 Å². The van der Waals surface area contributed by atoms with E-state index in [4.69, 9.17) is 4.74 Å². The fourth-order valence-corrected chi connectivity index (χ4v) is 3.13. The number of benzene rings is 2. The summed E-state index contributed by atoms with van der Waals surface area (Å²) in [6.45, 7) is 6.91. The van der Waals surface area contributed by atoms with Crippen LogP contribution in [0.2, 0.25) is 0 Å². The van der Waals surface area contributed by atoms with Crippen LogP contribution in [0.4, 0.5) is 5.69 Å². The Balaban J connectivity index is 1.53. The summed E-state index contributed by atoms with van der Waals surface area (Å²) in [5, 5.41) is 10.5. The average molecular weight is 325 g/mol. The molecule has 1 N–H and O–H groups in total. The van der Waals surface area contributed by atoms with Crippen molar-refractivity contribution in [2.75, 3.05) is 24.6 Å². The molecule has 128 valence electrons. The first-order valence-electron chi connectivity index (χ1n) is 8.87. The molecular weight excluding hydrogens is 298 g/mol. The third kappa shape index (κ3) is 4.09. The standard InChI is InChI=1S/C21H27NO2/c1-16(2)15-24-19-9-7-18(8-10-19)21(23)12-14-22-13-11-17-5-3-4-6-20(17)22/h3-10,16,21,23H,11-15H2,1-2H3. The predicted octanol–water partition coefficient (Wildman–Crippen LogP) is 4.21. The number of aliphatic hydroxyl groups excluding tert-OH is 1. The van der Waals surface area contributed by atoms with Crippen LogP contribution in [0.5, 0.6) is 5.75 Å². The second-order valence-electron chi connectivity index (χ2n) is 6.94. The van der Waals surface area contributed by atoms with Gasteiger partial charge in [-0.05, 0) is 48.1 Å². The van der Waals surface area contributed by atoms with Crippen LogP contribution >= 0.6 is 0 Å². The third-order valence-corrected chi connectivity index (χ3v) is 4.50. The molecule has 0 spiro atoms. The highest BCUT2D eigenvalue weighted by molar-refractivity contribution is 5.57. The molecule has 0 aromatic heterocycles. The number of ether oxygens (including phenoxy) is 1. The van der Waals surface area contributed by atoms with Crippen LogP contribution in [-0.2, 0) is 6.42 Å². The van der Waals surface area contributed by atoms with E-state index in [0.717, 1.165) is 43.9 Å². The summed E-state index contributed by atoms with van der Waals surface area (Å²) in [4.78, 5) is 2.37. The lowest BCUT2D eigenvalue weighted by Crippen LogP contribution is -2.23. The molecule has 2 aromatic rings. The number of rotatable bonds is 7. The number of aliphatic hydroxyl groups is 1. The molecule has 1 heterocycles. The van der Waals surface area contributed by atoms with Gasteiger partial charge in [-0.25, -0.2) is 0 Å². The number of hydrogen-bond acceptors (Lipinski definition) is 3. The van der Waals surface area contributed by atoms with Crippen LogP contribution < -0.4 is 9.64 Å². The van der Waals surface area contributed by atoms with E-state index < -0.39 is 6.10 Å². The minimum Gasteiger partial charge on any atom is -0.493 e. The molecular formula is C21H27NO2. The first-order chi connectivity index (χ1) is 11.6. The van der Waals surface area contributed by atoms with E-state index in [1.807, 2.05) is 24.3 Å². The third-order valence-electron chi connectivity index (χ3n) is 4.50. The van der Waals surface area contributed by atoms with Gasteiger partial charge in [0, 0.05) is 18.8 Å². The first-order valence-corrected chi connectivity index (χ1v) is 8.87. The molecule has 0 saturated heterocycles. The Morgan fingerprint density at radius 2 is 1.83 bits per heavy atom. The van der Waals surface area contributed by atoms with Gasteiger partial charge in [0.15, 0.2) is 0 Å². The fourth-order valence-electron chi connectivity index (χ4n) is 3.13. The van der Waals surface area contributed by atoms with Gasteiger partial charge >= 0.3 is 0 Å². The monoisotopic (exact) mass is 325 g/mol. The van der Waals surface area contributed by atoms with Gasteiger partial charge in [0.2, 0.25) is 0 Å². The molecule has 0 aliphatic carbocycles. The Bertz CT molecular complexity index is 651. The van der Waals surface area contributed by atoms with Gasteiger partial charge in [-0.1, -0.05) is 44.2 Å². The average Bonchev–Trinajstić information content (AvgIpc) is 3.01. The summed E-state index contributed by atoms with van der Waals surface area (Å²) in [7, 11) is 0. The van der Waals surface area contributed by atoms with Crippen molar-refractivity contribution in [2.24, 2.45) is 5.92 Å². The minimum atomic E-state index is -0.433. The van der Waals surface area contributed by atoms with E-state index in [2.05, 4.69) is 43.0 Å². The van der Waals surface area contributed by atoms with E-state index in [0.29, 0.717) is 5.92 Å². The van der Waals surface area contributed by atoms with Crippen LogP contribution in [0.25, 0.3) is 0 Å². The molecule has 0 radical (unpaired) electrons. The van der Waals surface area contributed by atoms with E-state index in [1.54, 1.807) is 0 Å². The molecule has 0 fully saturated rings. The molecule has 1 unspecified atom stereocenters. The molecule has 2 aromatic carbocycles. The normalized spacial score (nSPS) is 14.8. The summed E-state index contributed by atoms with van der Waals surface area (Å²) in [6.07, 6.45) is 1.41. The zero-order chi connectivity index (χ0) is 16.9. The van der Waals surface area contributed by atoms with Gasteiger partial charge in [0.1, 0.15) is 5.75 Å². The zero-order valence-corrected chi connectivity index (χ0v) is 14.6. The minimum absolute atomic E-state index is 0.433. The van der Waals surface area contributed by atoms with Crippen LogP contribution in [-0.4, -0.2) is 24.8 Å². The van der Waals surface area contributed by atoms with Crippen LogP contribution in [0.1, 0.15) is 37.5 Å². The Morgan fingerprint density at radius 3 is 2.58 bits per heavy atom. The summed E-state index contributed by atoms with van der Waals surface area (Å²) < 4.78 is 5.69. The van der Waals surface area contributed by atoms with Gasteiger partial charge in [-0.15, -0.1) is 0 Å². The van der Waals surface area contributed by atoms with Crippen molar-refractivity contribution in [1.29, 1.82) is 0 Å². The number of anilines is 1. The molecule has 3 heteroatoms. The summed E-state index contributed by atoms with van der Waals surface area (Å²) in [5.41, 5.74) is 3.69. The molecule has 1 atom stereocenters. The first kappa shape index (κ1) is 16.8. The molecule has 0 saturated carbocycles. The van der Waals surface area contributed by atoms with Crippen molar-refractivity contribution in [1.82, 2.24) is 0 Å². The van der Waals surface area contributed by atoms with Crippen LogP contribution in [0, 0.1) is 5.92 Å². The SMILES string of the molecule is CC(C)COc1ccc(C(O)CCN2CCc3ccccc32)cc1. The lowest BCUT2D eigenvalue weighted by atomic mass is 10.1. The number of hydrogen-bond donors (Lipinski definition) is 1. The maximum Gasteiger partial charge on any atom is 0.119 e. The predicted molar refractivity (Wildman–Crippen MR) is 98.7 cm³/mol. The van der Waals surface area contributed by atoms with Crippen molar-refractivity contribution in [3.63, 3.8) is 0 Å². The van der Waals surface area contributed by atoms with Gasteiger partial charge in [0.25, 0.3) is 0 Å². The maximum atomic E-state index is 10.5. The van der Waals surface area contributed by atoms with Gasteiger partial charge < -0.3 is 14.7 Å². The summed E-state index contributed by atoms with van der Waals surface area (Å²) in [5.74, 6) is 1.38. The molecule has 1 aliphatic rings. The van der Waals surface area contributed by atoms with E-state index in [-0.39, 0.29) is 0 Å². The van der Waals surface area contributed by atoms with Gasteiger partial charge in [-0.3, -0.25) is 0 Å². The Morgan fingerprint density at radius 1 is 1.08 bits per heavy atom. The topological polar surface area (TPSA) is 32.7 Å². The molecule has 3 nitrogen and oxygen atoms in total. The number of nitrogens with zero attached hydrogens (tertiary/aromatic N) is 1. The zero-order valence-electron chi connectivity index (χ0n) is 14.6.